The quantitative estimate of drug-likeness (QED) is 0.569. The molecule has 0 aliphatic rings. The summed E-state index contributed by atoms with van der Waals surface area (Å²) in [5, 5.41) is 4.44. The Labute approximate surface area is 187 Å². The van der Waals surface area contributed by atoms with Crippen LogP contribution in [-0.4, -0.2) is 28.8 Å². The Balaban J connectivity index is 2.26. The Morgan fingerprint density at radius 3 is 2.34 bits per heavy atom. The third-order valence-electron chi connectivity index (χ3n) is 4.77. The van der Waals surface area contributed by atoms with Gasteiger partial charge in [-0.05, 0) is 55.7 Å². The molecule has 29 heavy (non-hydrogen) atoms. The first-order valence-electron chi connectivity index (χ1n) is 9.49. The molecule has 2 rings (SSSR count). The van der Waals surface area contributed by atoms with Crippen LogP contribution in [0.3, 0.4) is 0 Å². The molecule has 0 radical (unpaired) electrons. The summed E-state index contributed by atoms with van der Waals surface area (Å²) in [6.07, 6.45) is 0.874. The summed E-state index contributed by atoms with van der Waals surface area (Å²) >= 11 is 18.3. The molecule has 0 bridgehead atoms. The van der Waals surface area contributed by atoms with Gasteiger partial charge in [0.2, 0.25) is 11.8 Å². The molecule has 2 atom stereocenters. The molecule has 0 saturated carbocycles. The van der Waals surface area contributed by atoms with Crippen LogP contribution in [0.5, 0.6) is 0 Å². The molecule has 2 aromatic rings. The van der Waals surface area contributed by atoms with Crippen molar-refractivity contribution < 1.29 is 9.59 Å². The number of nitrogens with zero attached hydrogens (tertiary/aromatic N) is 1. The molecule has 2 aromatic carbocycles. The molecule has 1 N–H and O–H groups in total. The number of benzene rings is 2. The Morgan fingerprint density at radius 2 is 1.72 bits per heavy atom. The fourth-order valence-electron chi connectivity index (χ4n) is 2.81. The van der Waals surface area contributed by atoms with Gasteiger partial charge in [0, 0.05) is 27.7 Å². The third kappa shape index (κ3) is 6.91. The standard InChI is InChI=1S/C22H25Cl3N2O2/c1-4-14(2)26-22(29)15(3)27(13-16-6-5-7-18(23)10-16)21(28)11-17-8-9-19(24)12-20(17)25/h5-10,12,14-15H,4,11,13H2,1-3H3,(H,26,29)/t14-,15-/m0/s1. The second-order valence-electron chi connectivity index (χ2n) is 7.06. The van der Waals surface area contributed by atoms with E-state index in [-0.39, 0.29) is 30.8 Å². The van der Waals surface area contributed by atoms with Crippen molar-refractivity contribution in [3.8, 4) is 0 Å². The van der Waals surface area contributed by atoms with Crippen molar-refractivity contribution in [1.82, 2.24) is 10.2 Å². The molecule has 0 aromatic heterocycles. The van der Waals surface area contributed by atoms with Crippen LogP contribution in [0.1, 0.15) is 38.3 Å². The predicted molar refractivity (Wildman–Crippen MR) is 120 cm³/mol. The first-order chi connectivity index (χ1) is 13.7. The lowest BCUT2D eigenvalue weighted by Crippen LogP contribution is -2.49. The highest BCUT2D eigenvalue weighted by atomic mass is 35.5. The number of carbonyl (C=O) groups is 2. The smallest absolute Gasteiger partial charge is 0.242 e. The van der Waals surface area contributed by atoms with Crippen LogP contribution in [0.4, 0.5) is 0 Å². The molecule has 0 aliphatic heterocycles. The van der Waals surface area contributed by atoms with Gasteiger partial charge < -0.3 is 10.2 Å². The third-order valence-corrected chi connectivity index (χ3v) is 5.59. The number of halogens is 3. The lowest BCUT2D eigenvalue weighted by atomic mass is 10.1. The van der Waals surface area contributed by atoms with Crippen LogP contribution in [0, 0.1) is 0 Å². The molecule has 0 fully saturated rings. The minimum Gasteiger partial charge on any atom is -0.352 e. The number of nitrogens with one attached hydrogen (secondary N) is 1. The van der Waals surface area contributed by atoms with Gasteiger partial charge in [-0.1, -0.05) is 59.9 Å². The number of carbonyl (C=O) groups excluding carboxylic acids is 2. The van der Waals surface area contributed by atoms with Gasteiger partial charge in [0.15, 0.2) is 0 Å². The van der Waals surface area contributed by atoms with E-state index in [1.165, 1.54) is 0 Å². The van der Waals surface area contributed by atoms with Crippen LogP contribution in [-0.2, 0) is 22.6 Å². The zero-order valence-electron chi connectivity index (χ0n) is 16.7. The Kier molecular flexibility index (Phi) is 8.81. The monoisotopic (exact) mass is 454 g/mol. The van der Waals surface area contributed by atoms with Gasteiger partial charge in [0.1, 0.15) is 6.04 Å². The summed E-state index contributed by atoms with van der Waals surface area (Å²) in [5.74, 6) is -0.405. The van der Waals surface area contributed by atoms with Gasteiger partial charge in [0.05, 0.1) is 6.42 Å². The predicted octanol–water partition coefficient (Wildman–Crippen LogP) is 5.52. The molecule has 0 saturated heterocycles. The second kappa shape index (κ2) is 10.9. The van der Waals surface area contributed by atoms with E-state index >= 15 is 0 Å². The molecule has 2 amide bonds. The van der Waals surface area contributed by atoms with E-state index in [2.05, 4.69) is 5.32 Å². The maximum atomic E-state index is 13.2. The highest BCUT2D eigenvalue weighted by molar-refractivity contribution is 6.35. The highest BCUT2D eigenvalue weighted by Gasteiger charge is 2.27. The zero-order chi connectivity index (χ0) is 21.6. The average Bonchev–Trinajstić information content (AvgIpc) is 2.67. The topological polar surface area (TPSA) is 49.4 Å². The summed E-state index contributed by atoms with van der Waals surface area (Å²) in [6, 6.07) is 11.6. The van der Waals surface area contributed by atoms with E-state index in [9.17, 15) is 9.59 Å². The molecule has 0 heterocycles. The van der Waals surface area contributed by atoms with Crippen molar-refractivity contribution in [3.63, 3.8) is 0 Å². The normalized spacial score (nSPS) is 12.9. The molecular weight excluding hydrogens is 431 g/mol. The van der Waals surface area contributed by atoms with Crippen molar-refractivity contribution in [2.45, 2.75) is 52.2 Å². The zero-order valence-corrected chi connectivity index (χ0v) is 19.0. The Morgan fingerprint density at radius 1 is 1.03 bits per heavy atom. The Hall–Kier alpha value is -1.75. The van der Waals surface area contributed by atoms with Crippen LogP contribution < -0.4 is 5.32 Å². The van der Waals surface area contributed by atoms with Gasteiger partial charge in [0.25, 0.3) is 0 Å². The minimum absolute atomic E-state index is 0.0266. The van der Waals surface area contributed by atoms with Crippen molar-refractivity contribution in [1.29, 1.82) is 0 Å². The van der Waals surface area contributed by atoms with Crippen LogP contribution in [0.15, 0.2) is 42.5 Å². The van der Waals surface area contributed by atoms with E-state index in [1.54, 1.807) is 42.2 Å². The second-order valence-corrected chi connectivity index (χ2v) is 8.34. The van der Waals surface area contributed by atoms with Crippen molar-refractivity contribution >= 4 is 46.6 Å². The van der Waals surface area contributed by atoms with E-state index in [4.69, 9.17) is 34.8 Å². The fourth-order valence-corrected chi connectivity index (χ4v) is 3.50. The number of hydrogen-bond acceptors (Lipinski definition) is 2. The number of amides is 2. The summed E-state index contributed by atoms with van der Waals surface area (Å²) in [6.45, 7) is 5.91. The summed E-state index contributed by atoms with van der Waals surface area (Å²) in [4.78, 5) is 27.4. The van der Waals surface area contributed by atoms with Gasteiger partial charge in [-0.15, -0.1) is 0 Å². The number of hydrogen-bond donors (Lipinski definition) is 1. The molecule has 0 spiro atoms. The lowest BCUT2D eigenvalue weighted by molar-refractivity contribution is -0.140. The molecular formula is C22H25Cl3N2O2. The van der Waals surface area contributed by atoms with Crippen LogP contribution in [0.25, 0.3) is 0 Å². The molecule has 156 valence electrons. The molecule has 7 heteroatoms. The van der Waals surface area contributed by atoms with E-state index < -0.39 is 6.04 Å². The molecule has 0 unspecified atom stereocenters. The van der Waals surface area contributed by atoms with Crippen LogP contribution in [0.2, 0.25) is 15.1 Å². The summed E-state index contributed by atoms with van der Waals surface area (Å²) in [5.41, 5.74) is 1.50. The summed E-state index contributed by atoms with van der Waals surface area (Å²) < 4.78 is 0. The highest BCUT2D eigenvalue weighted by Crippen LogP contribution is 2.23. The van der Waals surface area contributed by atoms with E-state index in [0.29, 0.717) is 20.6 Å². The van der Waals surface area contributed by atoms with Crippen molar-refractivity contribution in [2.24, 2.45) is 0 Å². The summed E-state index contributed by atoms with van der Waals surface area (Å²) in [7, 11) is 0. The lowest BCUT2D eigenvalue weighted by Gasteiger charge is -2.30. The van der Waals surface area contributed by atoms with Crippen LogP contribution >= 0.6 is 34.8 Å². The van der Waals surface area contributed by atoms with Gasteiger partial charge in [-0.3, -0.25) is 9.59 Å². The van der Waals surface area contributed by atoms with Gasteiger partial charge >= 0.3 is 0 Å². The SMILES string of the molecule is CC[C@H](C)NC(=O)[C@H](C)N(Cc1cccc(Cl)c1)C(=O)Cc1ccc(Cl)cc1Cl. The molecule has 4 nitrogen and oxygen atoms in total. The Bertz CT molecular complexity index is 873. The van der Waals surface area contributed by atoms with Crippen molar-refractivity contribution in [3.05, 3.63) is 68.7 Å². The largest absolute Gasteiger partial charge is 0.352 e. The first kappa shape index (κ1) is 23.5. The van der Waals surface area contributed by atoms with E-state index in [0.717, 1.165) is 12.0 Å². The minimum atomic E-state index is -0.651. The molecule has 0 aliphatic carbocycles. The van der Waals surface area contributed by atoms with E-state index in [1.807, 2.05) is 26.0 Å². The van der Waals surface area contributed by atoms with Gasteiger partial charge in [-0.2, -0.15) is 0 Å². The maximum absolute atomic E-state index is 13.2. The maximum Gasteiger partial charge on any atom is 0.242 e. The van der Waals surface area contributed by atoms with Gasteiger partial charge in [-0.25, -0.2) is 0 Å². The first-order valence-corrected chi connectivity index (χ1v) is 10.6. The number of rotatable bonds is 8. The van der Waals surface area contributed by atoms with Crippen molar-refractivity contribution in [2.75, 3.05) is 0 Å². The fraction of sp³-hybridized carbons (Fsp3) is 0.364. The average molecular weight is 456 g/mol.